The molecule has 1 fully saturated rings. The van der Waals surface area contributed by atoms with Gasteiger partial charge >= 0.3 is 0 Å². The quantitative estimate of drug-likeness (QED) is 0.504. The molecule has 0 radical (unpaired) electrons. The highest BCUT2D eigenvalue weighted by atomic mass is 15.1. The summed E-state index contributed by atoms with van der Waals surface area (Å²) >= 11 is 0. The standard InChI is InChI=1S/C24H42N2/c1-5-25(6-2)19-23(20-26(7-3)8-4)24(21-15-11-9-12-16-21)22-17-13-10-14-18-22/h9,11-12,15-16,22-24H,5-8,10,13-14,17-20H2,1-4H3/t24-/m1/s1. The Balaban J connectivity index is 2.31. The van der Waals surface area contributed by atoms with Gasteiger partial charge in [0, 0.05) is 13.1 Å². The lowest BCUT2D eigenvalue weighted by atomic mass is 9.70. The first-order chi connectivity index (χ1) is 12.7. The first-order valence-corrected chi connectivity index (χ1v) is 11.2. The predicted molar refractivity (Wildman–Crippen MR) is 115 cm³/mol. The Bertz CT molecular complexity index is 444. The van der Waals surface area contributed by atoms with E-state index in [2.05, 4.69) is 67.8 Å². The minimum atomic E-state index is 0.706. The van der Waals surface area contributed by atoms with E-state index in [0.29, 0.717) is 5.92 Å². The average Bonchev–Trinajstić information content (AvgIpc) is 2.71. The van der Waals surface area contributed by atoms with Crippen LogP contribution < -0.4 is 0 Å². The zero-order valence-electron chi connectivity index (χ0n) is 17.8. The predicted octanol–water partition coefficient (Wildman–Crippen LogP) is 5.65. The summed E-state index contributed by atoms with van der Waals surface area (Å²) in [6.07, 6.45) is 7.14. The molecule has 2 rings (SSSR count). The first-order valence-electron chi connectivity index (χ1n) is 11.2. The third-order valence-electron chi connectivity index (χ3n) is 6.62. The summed E-state index contributed by atoms with van der Waals surface area (Å²) in [4.78, 5) is 5.29. The van der Waals surface area contributed by atoms with Gasteiger partial charge in [-0.05, 0) is 62.3 Å². The summed E-state index contributed by atoms with van der Waals surface area (Å²) in [7, 11) is 0. The molecule has 0 aromatic heterocycles. The summed E-state index contributed by atoms with van der Waals surface area (Å²) in [5, 5.41) is 0. The second-order valence-corrected chi connectivity index (χ2v) is 8.07. The Labute approximate surface area is 163 Å². The smallest absolute Gasteiger partial charge is 0.00276 e. The minimum Gasteiger partial charge on any atom is -0.304 e. The molecule has 1 aromatic carbocycles. The molecule has 0 spiro atoms. The van der Waals surface area contributed by atoms with Crippen molar-refractivity contribution in [3.8, 4) is 0 Å². The van der Waals surface area contributed by atoms with E-state index in [9.17, 15) is 0 Å². The van der Waals surface area contributed by atoms with E-state index in [0.717, 1.165) is 38.0 Å². The molecule has 0 bridgehead atoms. The highest BCUT2D eigenvalue weighted by molar-refractivity contribution is 5.22. The van der Waals surface area contributed by atoms with Crippen LogP contribution in [0.2, 0.25) is 0 Å². The van der Waals surface area contributed by atoms with Gasteiger partial charge in [-0.1, -0.05) is 77.3 Å². The van der Waals surface area contributed by atoms with Crippen LogP contribution >= 0.6 is 0 Å². The number of benzene rings is 1. The molecule has 2 nitrogen and oxygen atoms in total. The summed E-state index contributed by atoms with van der Waals surface area (Å²) in [5.74, 6) is 2.29. The van der Waals surface area contributed by atoms with E-state index in [4.69, 9.17) is 0 Å². The van der Waals surface area contributed by atoms with Crippen molar-refractivity contribution in [2.75, 3.05) is 39.3 Å². The largest absolute Gasteiger partial charge is 0.304 e. The number of hydrogen-bond acceptors (Lipinski definition) is 2. The highest BCUT2D eigenvalue weighted by Crippen LogP contribution is 2.41. The molecule has 0 heterocycles. The fraction of sp³-hybridized carbons (Fsp3) is 0.750. The van der Waals surface area contributed by atoms with Crippen LogP contribution in [0, 0.1) is 11.8 Å². The molecule has 0 amide bonds. The monoisotopic (exact) mass is 358 g/mol. The van der Waals surface area contributed by atoms with Crippen LogP contribution in [-0.4, -0.2) is 49.1 Å². The second-order valence-electron chi connectivity index (χ2n) is 8.07. The van der Waals surface area contributed by atoms with Gasteiger partial charge in [0.2, 0.25) is 0 Å². The van der Waals surface area contributed by atoms with Gasteiger partial charge in [0.15, 0.2) is 0 Å². The zero-order valence-corrected chi connectivity index (χ0v) is 17.8. The maximum atomic E-state index is 2.65. The van der Waals surface area contributed by atoms with Crippen molar-refractivity contribution >= 4 is 0 Å². The van der Waals surface area contributed by atoms with Crippen molar-refractivity contribution in [1.82, 2.24) is 9.80 Å². The SMILES string of the molecule is CCN(CC)CC(CN(CC)CC)[C@H](c1ccccc1)C1CCCCC1. The van der Waals surface area contributed by atoms with Crippen LogP contribution in [-0.2, 0) is 0 Å². The van der Waals surface area contributed by atoms with Crippen molar-refractivity contribution in [1.29, 1.82) is 0 Å². The molecular weight excluding hydrogens is 316 g/mol. The highest BCUT2D eigenvalue weighted by Gasteiger charge is 2.33. The maximum absolute atomic E-state index is 2.65. The van der Waals surface area contributed by atoms with Gasteiger partial charge in [-0.2, -0.15) is 0 Å². The van der Waals surface area contributed by atoms with Gasteiger partial charge in [-0.3, -0.25) is 0 Å². The van der Waals surface area contributed by atoms with Crippen molar-refractivity contribution in [2.24, 2.45) is 11.8 Å². The first kappa shape index (κ1) is 21.4. The van der Waals surface area contributed by atoms with Crippen LogP contribution in [0.1, 0.15) is 71.3 Å². The van der Waals surface area contributed by atoms with E-state index in [-0.39, 0.29) is 0 Å². The van der Waals surface area contributed by atoms with Gasteiger partial charge in [0.1, 0.15) is 0 Å². The van der Waals surface area contributed by atoms with Crippen LogP contribution in [0.15, 0.2) is 30.3 Å². The van der Waals surface area contributed by atoms with Crippen molar-refractivity contribution in [3.63, 3.8) is 0 Å². The molecule has 1 aromatic rings. The number of rotatable bonds is 11. The number of hydrogen-bond donors (Lipinski definition) is 0. The molecular formula is C24H42N2. The molecule has 2 heteroatoms. The Morgan fingerprint density at radius 2 is 1.27 bits per heavy atom. The topological polar surface area (TPSA) is 6.48 Å². The number of nitrogens with zero attached hydrogens (tertiary/aromatic N) is 2. The van der Waals surface area contributed by atoms with Crippen molar-refractivity contribution < 1.29 is 0 Å². The zero-order chi connectivity index (χ0) is 18.8. The molecule has 1 aliphatic rings. The fourth-order valence-electron chi connectivity index (χ4n) is 5.01. The fourth-order valence-corrected chi connectivity index (χ4v) is 5.01. The van der Waals surface area contributed by atoms with E-state index in [1.165, 1.54) is 45.2 Å². The summed E-state index contributed by atoms with van der Waals surface area (Å²) in [5.41, 5.74) is 1.59. The molecule has 1 atom stereocenters. The molecule has 0 saturated heterocycles. The molecule has 1 saturated carbocycles. The molecule has 148 valence electrons. The van der Waals surface area contributed by atoms with Crippen molar-refractivity contribution in [3.05, 3.63) is 35.9 Å². The van der Waals surface area contributed by atoms with Gasteiger partial charge in [0.25, 0.3) is 0 Å². The van der Waals surface area contributed by atoms with E-state index in [1.807, 2.05) is 0 Å². The van der Waals surface area contributed by atoms with Gasteiger partial charge in [-0.25, -0.2) is 0 Å². The Hall–Kier alpha value is -0.860. The van der Waals surface area contributed by atoms with E-state index in [1.54, 1.807) is 5.56 Å². The van der Waals surface area contributed by atoms with Crippen molar-refractivity contribution in [2.45, 2.75) is 65.7 Å². The molecule has 0 unspecified atom stereocenters. The lowest BCUT2D eigenvalue weighted by molar-refractivity contribution is 0.137. The Kier molecular flexibility index (Phi) is 9.71. The lowest BCUT2D eigenvalue weighted by Crippen LogP contribution is -2.41. The average molecular weight is 359 g/mol. The molecule has 0 N–H and O–H groups in total. The summed E-state index contributed by atoms with van der Waals surface area (Å²) < 4.78 is 0. The van der Waals surface area contributed by atoms with Gasteiger partial charge in [-0.15, -0.1) is 0 Å². The van der Waals surface area contributed by atoms with Gasteiger partial charge < -0.3 is 9.80 Å². The summed E-state index contributed by atoms with van der Waals surface area (Å²) in [6, 6.07) is 11.5. The van der Waals surface area contributed by atoms with Crippen LogP contribution in [0.25, 0.3) is 0 Å². The lowest BCUT2D eigenvalue weighted by Gasteiger charge is -2.40. The van der Waals surface area contributed by atoms with E-state index >= 15 is 0 Å². The molecule has 0 aliphatic heterocycles. The Morgan fingerprint density at radius 1 is 0.769 bits per heavy atom. The third kappa shape index (κ3) is 6.09. The van der Waals surface area contributed by atoms with Crippen LogP contribution in [0.3, 0.4) is 0 Å². The van der Waals surface area contributed by atoms with E-state index < -0.39 is 0 Å². The third-order valence-corrected chi connectivity index (χ3v) is 6.62. The Morgan fingerprint density at radius 3 is 1.73 bits per heavy atom. The van der Waals surface area contributed by atoms with Gasteiger partial charge in [0.05, 0.1) is 0 Å². The summed E-state index contributed by atoms with van der Waals surface area (Å²) in [6.45, 7) is 16.4. The normalized spacial score (nSPS) is 17.3. The second kappa shape index (κ2) is 11.8. The maximum Gasteiger partial charge on any atom is 0.00276 e. The molecule has 1 aliphatic carbocycles. The molecule has 26 heavy (non-hydrogen) atoms. The van der Waals surface area contributed by atoms with Crippen LogP contribution in [0.4, 0.5) is 0 Å². The van der Waals surface area contributed by atoms with Crippen LogP contribution in [0.5, 0.6) is 0 Å². The minimum absolute atomic E-state index is 0.706.